The van der Waals surface area contributed by atoms with Crippen molar-refractivity contribution in [2.45, 2.75) is 19.2 Å². The van der Waals surface area contributed by atoms with Crippen molar-refractivity contribution in [1.82, 2.24) is 9.97 Å². The second-order valence-corrected chi connectivity index (χ2v) is 4.19. The van der Waals surface area contributed by atoms with Crippen LogP contribution in [0.5, 0.6) is 0 Å². The number of fused-ring (bicyclic) bond motifs is 1. The summed E-state index contributed by atoms with van der Waals surface area (Å²) in [6, 6.07) is 5.37. The van der Waals surface area contributed by atoms with Gasteiger partial charge >= 0.3 is 0 Å². The first-order chi connectivity index (χ1) is 7.08. The number of carbonyl (C=O) groups excluding carboxylic acids is 1. The predicted molar refractivity (Wildman–Crippen MR) is 60.5 cm³/mol. The van der Waals surface area contributed by atoms with Crippen LogP contribution in [0.4, 0.5) is 0 Å². The number of hydrogen-bond donors (Lipinski definition) is 1. The van der Waals surface area contributed by atoms with Gasteiger partial charge in [-0.3, -0.25) is 4.79 Å². The molecule has 4 heteroatoms. The summed E-state index contributed by atoms with van der Waals surface area (Å²) in [6.45, 7) is 3.55. The lowest BCUT2D eigenvalue weighted by molar-refractivity contribution is 0.0992. The van der Waals surface area contributed by atoms with Crippen LogP contribution in [0, 0.1) is 6.92 Å². The Hall–Kier alpha value is -1.35. The van der Waals surface area contributed by atoms with E-state index in [2.05, 4.69) is 9.97 Å². The largest absolute Gasteiger partial charge is 0.342 e. The molecule has 1 aromatic carbocycles. The van der Waals surface area contributed by atoms with E-state index in [9.17, 15) is 4.79 Å². The van der Waals surface area contributed by atoms with E-state index in [1.807, 2.05) is 13.0 Å². The third-order valence-electron chi connectivity index (χ3n) is 2.25. The van der Waals surface area contributed by atoms with Crippen molar-refractivity contribution in [3.8, 4) is 0 Å². The van der Waals surface area contributed by atoms with Crippen LogP contribution in [0.1, 0.15) is 23.1 Å². The number of aromatic nitrogens is 2. The highest BCUT2D eigenvalue weighted by molar-refractivity contribution is 6.33. The van der Waals surface area contributed by atoms with E-state index in [1.165, 1.54) is 0 Å². The van der Waals surface area contributed by atoms with Crippen LogP contribution in [0.2, 0.25) is 0 Å². The maximum Gasteiger partial charge on any atom is 0.180 e. The predicted octanol–water partition coefficient (Wildman–Crippen LogP) is 2.68. The van der Waals surface area contributed by atoms with Crippen molar-refractivity contribution >= 4 is 28.4 Å². The number of nitrogens with one attached hydrogen (secondary N) is 1. The van der Waals surface area contributed by atoms with Crippen molar-refractivity contribution in [2.24, 2.45) is 0 Å². The van der Waals surface area contributed by atoms with Crippen LogP contribution in [0.25, 0.3) is 11.0 Å². The second-order valence-electron chi connectivity index (χ2n) is 3.53. The van der Waals surface area contributed by atoms with E-state index in [0.29, 0.717) is 5.56 Å². The van der Waals surface area contributed by atoms with Crippen LogP contribution < -0.4 is 0 Å². The van der Waals surface area contributed by atoms with Crippen LogP contribution in [-0.2, 0) is 0 Å². The molecule has 0 fully saturated rings. The Kier molecular flexibility index (Phi) is 2.49. The molecule has 1 unspecified atom stereocenters. The summed E-state index contributed by atoms with van der Waals surface area (Å²) in [5.74, 6) is 0.777. The number of alkyl halides is 1. The van der Waals surface area contributed by atoms with Gasteiger partial charge in [0.2, 0.25) is 0 Å². The Bertz CT molecular complexity index is 516. The summed E-state index contributed by atoms with van der Waals surface area (Å²) in [7, 11) is 0. The zero-order valence-electron chi connectivity index (χ0n) is 8.54. The zero-order valence-corrected chi connectivity index (χ0v) is 9.30. The lowest BCUT2D eigenvalue weighted by Gasteiger charge is -2.01. The van der Waals surface area contributed by atoms with Gasteiger partial charge < -0.3 is 4.98 Å². The summed E-state index contributed by atoms with van der Waals surface area (Å²) in [6.07, 6.45) is 0. The van der Waals surface area contributed by atoms with Crippen LogP contribution in [-0.4, -0.2) is 21.1 Å². The van der Waals surface area contributed by atoms with Gasteiger partial charge in [0.25, 0.3) is 0 Å². The molecule has 2 aromatic rings. The topological polar surface area (TPSA) is 45.8 Å². The molecule has 1 aromatic heterocycles. The van der Waals surface area contributed by atoms with Gasteiger partial charge in [0.05, 0.1) is 16.4 Å². The lowest BCUT2D eigenvalue weighted by Crippen LogP contribution is -2.10. The average Bonchev–Trinajstić information content (AvgIpc) is 2.55. The Balaban J connectivity index is 2.51. The Labute approximate surface area is 92.5 Å². The van der Waals surface area contributed by atoms with E-state index in [0.717, 1.165) is 16.9 Å². The highest BCUT2D eigenvalue weighted by Gasteiger charge is 2.13. The van der Waals surface area contributed by atoms with Gasteiger partial charge in [0.1, 0.15) is 5.82 Å². The zero-order chi connectivity index (χ0) is 11.0. The second kappa shape index (κ2) is 3.66. The number of ketones is 1. The number of Topliss-reactive ketones (excluding diaryl/α,β-unsaturated/α-hetero) is 1. The van der Waals surface area contributed by atoms with E-state index < -0.39 is 5.38 Å². The van der Waals surface area contributed by atoms with Gasteiger partial charge in [0.15, 0.2) is 5.78 Å². The fraction of sp³-hybridized carbons (Fsp3) is 0.273. The Morgan fingerprint density at radius 2 is 2.27 bits per heavy atom. The molecule has 1 atom stereocenters. The van der Waals surface area contributed by atoms with E-state index >= 15 is 0 Å². The number of aryl methyl sites for hydroxylation is 1. The van der Waals surface area contributed by atoms with Crippen molar-refractivity contribution in [3.05, 3.63) is 29.6 Å². The highest BCUT2D eigenvalue weighted by atomic mass is 35.5. The fourth-order valence-corrected chi connectivity index (χ4v) is 1.65. The number of carbonyl (C=O) groups is 1. The number of halogens is 1. The Morgan fingerprint density at radius 3 is 2.93 bits per heavy atom. The SMILES string of the molecule is Cc1nc2ccc(C(=O)C(C)Cl)cc2[nH]1. The number of nitrogens with zero attached hydrogens (tertiary/aromatic N) is 1. The van der Waals surface area contributed by atoms with Crippen LogP contribution >= 0.6 is 11.6 Å². The highest BCUT2D eigenvalue weighted by Crippen LogP contribution is 2.16. The van der Waals surface area contributed by atoms with Gasteiger partial charge in [-0.2, -0.15) is 0 Å². The first kappa shape index (κ1) is 10.2. The fourth-order valence-electron chi connectivity index (χ4n) is 1.52. The summed E-state index contributed by atoms with van der Waals surface area (Å²) >= 11 is 5.74. The number of aromatic amines is 1. The molecule has 15 heavy (non-hydrogen) atoms. The molecule has 3 nitrogen and oxygen atoms in total. The van der Waals surface area contributed by atoms with Crippen molar-refractivity contribution in [1.29, 1.82) is 0 Å². The third kappa shape index (κ3) is 1.88. The molecule has 1 N–H and O–H groups in total. The number of hydrogen-bond acceptors (Lipinski definition) is 2. The van der Waals surface area contributed by atoms with Gasteiger partial charge in [-0.05, 0) is 32.0 Å². The number of benzene rings is 1. The van der Waals surface area contributed by atoms with Crippen LogP contribution in [0.3, 0.4) is 0 Å². The van der Waals surface area contributed by atoms with Crippen molar-refractivity contribution in [3.63, 3.8) is 0 Å². The molecular weight excluding hydrogens is 212 g/mol. The molecule has 78 valence electrons. The normalized spacial score (nSPS) is 13.0. The Morgan fingerprint density at radius 1 is 1.53 bits per heavy atom. The molecule has 0 spiro atoms. The first-order valence-electron chi connectivity index (χ1n) is 4.72. The third-order valence-corrected chi connectivity index (χ3v) is 2.44. The lowest BCUT2D eigenvalue weighted by atomic mass is 10.1. The maximum absolute atomic E-state index is 11.6. The monoisotopic (exact) mass is 222 g/mol. The number of imidazole rings is 1. The molecular formula is C11H11ClN2O. The average molecular weight is 223 g/mol. The minimum absolute atomic E-state index is 0.0641. The summed E-state index contributed by atoms with van der Waals surface area (Å²) in [5.41, 5.74) is 2.36. The van der Waals surface area contributed by atoms with Gasteiger partial charge in [0, 0.05) is 5.56 Å². The molecule has 0 saturated heterocycles. The standard InChI is InChI=1S/C11H11ClN2O/c1-6(12)11(15)8-3-4-9-10(5-8)14-7(2)13-9/h3-6H,1-2H3,(H,13,14). The molecule has 0 aliphatic rings. The molecule has 0 bridgehead atoms. The molecule has 0 radical (unpaired) electrons. The molecule has 0 saturated carbocycles. The summed E-state index contributed by atoms with van der Waals surface area (Å²) < 4.78 is 0. The summed E-state index contributed by atoms with van der Waals surface area (Å²) in [5, 5.41) is -0.494. The molecule has 0 aliphatic heterocycles. The van der Waals surface area contributed by atoms with Crippen LogP contribution in [0.15, 0.2) is 18.2 Å². The van der Waals surface area contributed by atoms with Crippen molar-refractivity contribution < 1.29 is 4.79 Å². The number of rotatable bonds is 2. The minimum atomic E-state index is -0.494. The van der Waals surface area contributed by atoms with E-state index in [-0.39, 0.29) is 5.78 Å². The summed E-state index contributed by atoms with van der Waals surface area (Å²) in [4.78, 5) is 19.0. The number of H-pyrrole nitrogens is 1. The van der Waals surface area contributed by atoms with E-state index in [1.54, 1.807) is 19.1 Å². The smallest absolute Gasteiger partial charge is 0.180 e. The van der Waals surface area contributed by atoms with Gasteiger partial charge in [-0.25, -0.2) is 4.98 Å². The molecule has 0 aliphatic carbocycles. The first-order valence-corrected chi connectivity index (χ1v) is 5.16. The van der Waals surface area contributed by atoms with Gasteiger partial charge in [-0.1, -0.05) is 0 Å². The maximum atomic E-state index is 11.6. The molecule has 0 amide bonds. The van der Waals surface area contributed by atoms with Gasteiger partial charge in [-0.15, -0.1) is 11.6 Å². The van der Waals surface area contributed by atoms with E-state index in [4.69, 9.17) is 11.6 Å². The minimum Gasteiger partial charge on any atom is -0.342 e. The quantitative estimate of drug-likeness (QED) is 0.627. The molecule has 2 rings (SSSR count). The molecule has 1 heterocycles. The van der Waals surface area contributed by atoms with Crippen molar-refractivity contribution in [2.75, 3.05) is 0 Å².